The van der Waals surface area contributed by atoms with E-state index >= 15 is 0 Å². The SMILES string of the molecule is COc1cc(OCc2cccc(-c3cccc(OCCCn4cc(CN5CC[C@@H](O)C5)nn4)c3C)c2C)c(Cl)cc1CN1CC[C@@H](O)C1. The summed E-state index contributed by atoms with van der Waals surface area (Å²) < 4.78 is 20.1. The summed E-state index contributed by atoms with van der Waals surface area (Å²) in [5, 5.41) is 28.8. The Morgan fingerprint density at radius 3 is 2.25 bits per heavy atom. The number of likely N-dealkylation sites (tertiary alicyclic amines) is 2. The molecule has 2 aliphatic rings. The lowest BCUT2D eigenvalue weighted by Gasteiger charge is -2.19. The Morgan fingerprint density at radius 1 is 0.833 bits per heavy atom. The smallest absolute Gasteiger partial charge is 0.142 e. The van der Waals surface area contributed by atoms with Crippen molar-refractivity contribution < 1.29 is 24.4 Å². The van der Waals surface area contributed by atoms with Gasteiger partial charge in [0.2, 0.25) is 0 Å². The van der Waals surface area contributed by atoms with Gasteiger partial charge in [-0.1, -0.05) is 47.1 Å². The van der Waals surface area contributed by atoms with Gasteiger partial charge in [0.25, 0.3) is 0 Å². The van der Waals surface area contributed by atoms with E-state index in [4.69, 9.17) is 25.8 Å². The van der Waals surface area contributed by atoms with Gasteiger partial charge in [0.1, 0.15) is 23.9 Å². The third kappa shape index (κ3) is 8.30. The Hall–Kier alpha value is -3.67. The van der Waals surface area contributed by atoms with E-state index in [-0.39, 0.29) is 12.2 Å². The molecule has 3 aromatic carbocycles. The van der Waals surface area contributed by atoms with Crippen LogP contribution >= 0.6 is 11.6 Å². The maximum atomic E-state index is 9.91. The minimum Gasteiger partial charge on any atom is -0.496 e. The topological polar surface area (TPSA) is 105 Å². The minimum absolute atomic E-state index is 0.234. The van der Waals surface area contributed by atoms with Gasteiger partial charge in [-0.2, -0.15) is 0 Å². The predicted octanol–water partition coefficient (Wildman–Crippen LogP) is 5.41. The first-order valence-electron chi connectivity index (χ1n) is 16.8. The number of aryl methyl sites for hydroxylation is 1. The number of benzene rings is 3. The average molecular weight is 676 g/mol. The van der Waals surface area contributed by atoms with Crippen LogP contribution in [-0.4, -0.2) is 87.1 Å². The zero-order valence-corrected chi connectivity index (χ0v) is 28.8. The number of aliphatic hydroxyl groups excluding tert-OH is 2. The van der Waals surface area contributed by atoms with E-state index in [0.29, 0.717) is 50.2 Å². The summed E-state index contributed by atoms with van der Waals surface area (Å²) in [6.07, 6.45) is 3.88. The van der Waals surface area contributed by atoms with Crippen molar-refractivity contribution in [1.82, 2.24) is 24.8 Å². The maximum Gasteiger partial charge on any atom is 0.142 e. The normalized spacial score (nSPS) is 18.5. The van der Waals surface area contributed by atoms with Crippen molar-refractivity contribution in [2.45, 2.75) is 71.6 Å². The van der Waals surface area contributed by atoms with Gasteiger partial charge in [0, 0.05) is 70.1 Å². The molecule has 2 saturated heterocycles. The van der Waals surface area contributed by atoms with Crippen LogP contribution in [0.1, 0.15) is 47.2 Å². The van der Waals surface area contributed by atoms with E-state index in [1.54, 1.807) is 7.11 Å². The molecule has 1 aromatic heterocycles. The van der Waals surface area contributed by atoms with Crippen LogP contribution in [0.5, 0.6) is 17.2 Å². The highest BCUT2D eigenvalue weighted by Gasteiger charge is 2.23. The number of aliphatic hydroxyl groups is 2. The molecule has 2 fully saturated rings. The molecule has 4 aromatic rings. The first-order valence-corrected chi connectivity index (χ1v) is 17.2. The molecule has 2 N–H and O–H groups in total. The summed E-state index contributed by atoms with van der Waals surface area (Å²) >= 11 is 6.69. The summed E-state index contributed by atoms with van der Waals surface area (Å²) in [7, 11) is 1.65. The van der Waals surface area contributed by atoms with Gasteiger partial charge in [-0.25, -0.2) is 0 Å². The molecule has 0 aliphatic carbocycles. The van der Waals surface area contributed by atoms with Gasteiger partial charge in [-0.05, 0) is 66.6 Å². The summed E-state index contributed by atoms with van der Waals surface area (Å²) in [6, 6.07) is 16.2. The number of methoxy groups -OCH3 is 1. The first-order chi connectivity index (χ1) is 23.3. The largest absolute Gasteiger partial charge is 0.496 e. The van der Waals surface area contributed by atoms with Crippen LogP contribution in [0.3, 0.4) is 0 Å². The summed E-state index contributed by atoms with van der Waals surface area (Å²) in [5.41, 5.74) is 7.44. The minimum atomic E-state index is -0.278. The van der Waals surface area contributed by atoms with Crippen LogP contribution in [0.15, 0.2) is 54.7 Å². The molecule has 256 valence electrons. The van der Waals surface area contributed by atoms with E-state index in [1.165, 1.54) is 0 Å². The Bertz CT molecular complexity index is 1700. The highest BCUT2D eigenvalue weighted by atomic mass is 35.5. The van der Waals surface area contributed by atoms with Gasteiger partial charge in [-0.15, -0.1) is 5.10 Å². The lowest BCUT2D eigenvalue weighted by atomic mass is 9.93. The lowest BCUT2D eigenvalue weighted by Crippen LogP contribution is -2.21. The fraction of sp³-hybridized carbons (Fsp3) is 0.459. The summed E-state index contributed by atoms with van der Waals surface area (Å²) in [5.74, 6) is 2.16. The summed E-state index contributed by atoms with van der Waals surface area (Å²) in [6.45, 7) is 10.3. The molecule has 0 amide bonds. The van der Waals surface area contributed by atoms with Crippen molar-refractivity contribution in [3.8, 4) is 28.4 Å². The molecule has 0 spiro atoms. The van der Waals surface area contributed by atoms with Gasteiger partial charge >= 0.3 is 0 Å². The lowest BCUT2D eigenvalue weighted by molar-refractivity contribution is 0.174. The molecule has 0 radical (unpaired) electrons. The second-order valence-electron chi connectivity index (χ2n) is 12.9. The van der Waals surface area contributed by atoms with Gasteiger partial charge in [0.15, 0.2) is 0 Å². The second kappa shape index (κ2) is 15.7. The third-order valence-electron chi connectivity index (χ3n) is 9.39. The van der Waals surface area contributed by atoms with Crippen molar-refractivity contribution >= 4 is 11.6 Å². The van der Waals surface area contributed by atoms with E-state index in [1.807, 2.05) is 35.1 Å². The standard InChI is InChI=1S/C37H46ClN5O5/c1-25-27(24-48-37-18-36(46-3)28(17-34(37)38)19-41-14-11-30(44)22-41)7-4-8-32(25)33-9-5-10-35(26(33)2)47-16-6-13-43-21-29(39-40-43)20-42-15-12-31(45)23-42/h4-5,7-10,17-18,21,30-31,44-45H,6,11-16,19-20,22-24H2,1-3H3/t30-,31-/m1/s1. The zero-order chi connectivity index (χ0) is 33.6. The van der Waals surface area contributed by atoms with Crippen molar-refractivity contribution in [2.75, 3.05) is 39.9 Å². The maximum absolute atomic E-state index is 9.91. The van der Waals surface area contributed by atoms with Gasteiger partial charge < -0.3 is 24.4 Å². The Balaban J connectivity index is 1.06. The molecular weight excluding hydrogens is 630 g/mol. The molecule has 0 unspecified atom stereocenters. The van der Waals surface area contributed by atoms with E-state index < -0.39 is 0 Å². The average Bonchev–Trinajstić information content (AvgIpc) is 3.82. The molecule has 0 saturated carbocycles. The third-order valence-corrected chi connectivity index (χ3v) is 9.68. The molecular formula is C37H46ClN5O5. The number of nitrogens with zero attached hydrogens (tertiary/aromatic N) is 5. The van der Waals surface area contributed by atoms with Crippen LogP contribution in [0, 0.1) is 13.8 Å². The monoisotopic (exact) mass is 675 g/mol. The number of ether oxygens (including phenoxy) is 3. The molecule has 10 nitrogen and oxygen atoms in total. The molecule has 11 heteroatoms. The van der Waals surface area contributed by atoms with Crippen molar-refractivity contribution in [2.24, 2.45) is 0 Å². The number of halogens is 1. The van der Waals surface area contributed by atoms with Crippen LogP contribution in [0.4, 0.5) is 0 Å². The fourth-order valence-electron chi connectivity index (χ4n) is 6.66. The number of hydrogen-bond acceptors (Lipinski definition) is 9. The van der Waals surface area contributed by atoms with E-state index in [0.717, 1.165) is 89.5 Å². The number of β-amino-alcohol motifs (C(OH)–C–C–N with tert-alkyl or cyclic N) is 2. The summed E-state index contributed by atoms with van der Waals surface area (Å²) in [4.78, 5) is 4.41. The predicted molar refractivity (Wildman–Crippen MR) is 186 cm³/mol. The fourth-order valence-corrected chi connectivity index (χ4v) is 6.90. The molecule has 6 rings (SSSR count). The quantitative estimate of drug-likeness (QED) is 0.170. The van der Waals surface area contributed by atoms with E-state index in [2.05, 4.69) is 58.2 Å². The highest BCUT2D eigenvalue weighted by Crippen LogP contribution is 2.36. The Kier molecular flexibility index (Phi) is 11.2. The Labute approximate surface area is 287 Å². The molecule has 2 aliphatic heterocycles. The number of hydrogen-bond donors (Lipinski definition) is 2. The zero-order valence-electron chi connectivity index (χ0n) is 28.1. The molecule has 48 heavy (non-hydrogen) atoms. The van der Waals surface area contributed by atoms with Crippen molar-refractivity contribution in [3.05, 3.63) is 87.7 Å². The highest BCUT2D eigenvalue weighted by molar-refractivity contribution is 6.32. The number of rotatable bonds is 14. The van der Waals surface area contributed by atoms with Crippen LogP contribution < -0.4 is 14.2 Å². The molecule has 2 atom stereocenters. The van der Waals surface area contributed by atoms with Crippen LogP contribution in [0.2, 0.25) is 5.02 Å². The molecule has 3 heterocycles. The van der Waals surface area contributed by atoms with Crippen LogP contribution in [0.25, 0.3) is 11.1 Å². The van der Waals surface area contributed by atoms with Crippen LogP contribution in [-0.2, 0) is 26.2 Å². The van der Waals surface area contributed by atoms with Crippen molar-refractivity contribution in [1.29, 1.82) is 0 Å². The molecule has 0 bridgehead atoms. The van der Waals surface area contributed by atoms with E-state index in [9.17, 15) is 10.2 Å². The number of aromatic nitrogens is 3. The van der Waals surface area contributed by atoms with Crippen molar-refractivity contribution in [3.63, 3.8) is 0 Å². The first kappa shape index (κ1) is 34.2. The second-order valence-corrected chi connectivity index (χ2v) is 13.3. The van der Waals surface area contributed by atoms with Gasteiger partial charge in [0.05, 0.1) is 36.6 Å². The Morgan fingerprint density at radius 2 is 1.54 bits per heavy atom. The van der Waals surface area contributed by atoms with Gasteiger partial charge in [-0.3, -0.25) is 14.5 Å².